The molecule has 0 saturated heterocycles. The lowest BCUT2D eigenvalue weighted by molar-refractivity contribution is 1.17. The summed E-state index contributed by atoms with van der Waals surface area (Å²) in [7, 11) is 0. The van der Waals surface area contributed by atoms with Crippen LogP contribution in [-0.4, -0.2) is 14.5 Å². The van der Waals surface area contributed by atoms with Crippen molar-refractivity contribution in [2.24, 2.45) is 0 Å². The molecule has 0 saturated carbocycles. The Kier molecular flexibility index (Phi) is 10.9. The molecule has 0 fully saturated rings. The van der Waals surface area contributed by atoms with Crippen molar-refractivity contribution in [3.05, 3.63) is 241 Å². The Hall–Kier alpha value is -10.4. The van der Waals surface area contributed by atoms with Crippen molar-refractivity contribution in [2.45, 2.75) is 0 Å². The van der Waals surface area contributed by atoms with E-state index in [4.69, 9.17) is 9.97 Å². The van der Waals surface area contributed by atoms with Crippen LogP contribution in [0, 0.1) is 45.3 Å². The second-order valence-electron chi connectivity index (χ2n) is 16.7. The van der Waals surface area contributed by atoms with E-state index in [1.807, 2.05) is 140 Å². The third-order valence-electron chi connectivity index (χ3n) is 12.6. The fraction of sp³-hybridized carbons (Fsp3) is 0. The van der Waals surface area contributed by atoms with Crippen LogP contribution >= 0.6 is 0 Å². The summed E-state index contributed by atoms with van der Waals surface area (Å²) in [6, 6.07) is 80.8. The standard InChI is InChI=1S/C62H36N8/c63-37-41-15-19-45(20-16-41)57-36-58(68-62(67-57)48-21-17-42(38-64)18-22-48)46-27-23-43(24-28-46)44-25-29-47(30-26-44)61-49(39-65)33-54(34-50(61)40-66)70-59-14-8-7-13-55(59)56-35-53(31-32-60(56)70)69(51-9-3-1-4-10-51)52-11-5-2-6-12-52/h1-36H. The summed E-state index contributed by atoms with van der Waals surface area (Å²) < 4.78 is 2.14. The zero-order valence-corrected chi connectivity index (χ0v) is 37.4. The fourth-order valence-electron chi connectivity index (χ4n) is 9.17. The number of anilines is 3. The van der Waals surface area contributed by atoms with Gasteiger partial charge in [0.1, 0.15) is 0 Å². The number of nitriles is 4. The Bertz CT molecular complexity index is 3790. The van der Waals surface area contributed by atoms with Gasteiger partial charge in [-0.25, -0.2) is 9.97 Å². The minimum absolute atomic E-state index is 0.402. The Morgan fingerprint density at radius 3 is 1.34 bits per heavy atom. The fourth-order valence-corrected chi connectivity index (χ4v) is 9.17. The third-order valence-corrected chi connectivity index (χ3v) is 12.6. The molecule has 0 radical (unpaired) electrons. The van der Waals surface area contributed by atoms with Crippen molar-refractivity contribution in [3.8, 4) is 86.1 Å². The molecule has 9 aromatic carbocycles. The predicted molar refractivity (Wildman–Crippen MR) is 277 cm³/mol. The molecule has 2 heterocycles. The molecular weight excluding hydrogens is 857 g/mol. The van der Waals surface area contributed by atoms with Gasteiger partial charge >= 0.3 is 0 Å². The zero-order valence-electron chi connectivity index (χ0n) is 37.4. The highest BCUT2D eigenvalue weighted by Gasteiger charge is 2.20. The summed E-state index contributed by atoms with van der Waals surface area (Å²) in [5.41, 5.74) is 14.9. The molecule has 0 bridgehead atoms. The van der Waals surface area contributed by atoms with Gasteiger partial charge in [-0.05, 0) is 120 Å². The van der Waals surface area contributed by atoms with E-state index in [0.717, 1.165) is 83.6 Å². The topological polar surface area (TPSA) is 129 Å². The first-order chi connectivity index (χ1) is 34.5. The van der Waals surface area contributed by atoms with Gasteiger partial charge in [-0.2, -0.15) is 21.0 Å². The third kappa shape index (κ3) is 7.83. The van der Waals surface area contributed by atoms with Crippen molar-refractivity contribution in [3.63, 3.8) is 0 Å². The quantitative estimate of drug-likeness (QED) is 0.141. The maximum Gasteiger partial charge on any atom is 0.160 e. The van der Waals surface area contributed by atoms with E-state index in [9.17, 15) is 21.0 Å². The number of aromatic nitrogens is 3. The van der Waals surface area contributed by atoms with Crippen molar-refractivity contribution in [2.75, 3.05) is 4.90 Å². The SMILES string of the molecule is N#Cc1ccc(-c2cc(-c3ccc(-c4ccc(-c5c(C#N)cc(-n6c7ccccc7c7cc(N(c8ccccc8)c8ccccc8)ccc76)cc5C#N)cc4)cc3)nc(-c3ccc(C#N)cc3)n2)cc1. The lowest BCUT2D eigenvalue weighted by Crippen LogP contribution is -2.09. The lowest BCUT2D eigenvalue weighted by Gasteiger charge is -2.25. The minimum Gasteiger partial charge on any atom is -0.310 e. The van der Waals surface area contributed by atoms with Crippen molar-refractivity contribution in [1.82, 2.24) is 14.5 Å². The number of nitrogens with zero attached hydrogens (tertiary/aromatic N) is 8. The highest BCUT2D eigenvalue weighted by Crippen LogP contribution is 2.41. The van der Waals surface area contributed by atoms with Crippen LogP contribution in [0.2, 0.25) is 0 Å². The van der Waals surface area contributed by atoms with Crippen LogP contribution in [0.1, 0.15) is 22.3 Å². The molecule has 11 rings (SSSR count). The van der Waals surface area contributed by atoms with E-state index in [1.165, 1.54) is 0 Å². The Labute approximate surface area is 404 Å². The number of hydrogen-bond donors (Lipinski definition) is 0. The average Bonchev–Trinajstić information content (AvgIpc) is 3.77. The van der Waals surface area contributed by atoms with Gasteiger partial charge in [-0.15, -0.1) is 0 Å². The van der Waals surface area contributed by atoms with Gasteiger partial charge in [0.2, 0.25) is 0 Å². The minimum atomic E-state index is 0.402. The Balaban J connectivity index is 0.924. The van der Waals surface area contributed by atoms with Crippen LogP contribution in [0.25, 0.3) is 83.6 Å². The highest BCUT2D eigenvalue weighted by atomic mass is 15.1. The predicted octanol–water partition coefficient (Wildman–Crippen LogP) is 14.9. The maximum atomic E-state index is 10.7. The van der Waals surface area contributed by atoms with Gasteiger partial charge in [0.15, 0.2) is 5.82 Å². The Morgan fingerprint density at radius 2 is 0.814 bits per heavy atom. The van der Waals surface area contributed by atoms with Crippen LogP contribution in [0.3, 0.4) is 0 Å². The number of hydrogen-bond acceptors (Lipinski definition) is 7. The van der Waals surface area contributed by atoms with E-state index in [0.29, 0.717) is 39.3 Å². The summed E-state index contributed by atoms with van der Waals surface area (Å²) in [5.74, 6) is 0.515. The van der Waals surface area contributed by atoms with E-state index in [2.05, 4.69) is 88.3 Å². The van der Waals surface area contributed by atoms with Gasteiger partial charge in [0.25, 0.3) is 0 Å². The largest absolute Gasteiger partial charge is 0.310 e. The van der Waals surface area contributed by atoms with E-state index in [1.54, 1.807) is 24.3 Å². The number of para-hydroxylation sites is 3. The van der Waals surface area contributed by atoms with Crippen LogP contribution < -0.4 is 4.90 Å². The van der Waals surface area contributed by atoms with E-state index < -0.39 is 0 Å². The number of fused-ring (bicyclic) bond motifs is 3. The van der Waals surface area contributed by atoms with Crippen molar-refractivity contribution < 1.29 is 0 Å². The molecule has 0 aliphatic heterocycles. The smallest absolute Gasteiger partial charge is 0.160 e. The molecule has 11 aromatic rings. The highest BCUT2D eigenvalue weighted by molar-refractivity contribution is 6.11. The molecule has 2 aromatic heterocycles. The summed E-state index contributed by atoms with van der Waals surface area (Å²) in [4.78, 5) is 12.1. The molecule has 0 amide bonds. The molecule has 0 N–H and O–H groups in total. The molecule has 0 spiro atoms. The maximum absolute atomic E-state index is 10.7. The first-order valence-corrected chi connectivity index (χ1v) is 22.5. The lowest BCUT2D eigenvalue weighted by atomic mass is 9.92. The molecule has 8 nitrogen and oxygen atoms in total. The molecule has 0 aliphatic rings. The summed E-state index contributed by atoms with van der Waals surface area (Å²) in [5, 5.41) is 42.3. The van der Waals surface area contributed by atoms with Gasteiger partial charge in [0, 0.05) is 55.8 Å². The van der Waals surface area contributed by atoms with Crippen LogP contribution in [0.15, 0.2) is 218 Å². The molecular formula is C62H36N8. The first kappa shape index (κ1) is 42.3. The molecule has 70 heavy (non-hydrogen) atoms. The van der Waals surface area contributed by atoms with Gasteiger partial charge < -0.3 is 9.47 Å². The van der Waals surface area contributed by atoms with Crippen molar-refractivity contribution >= 4 is 38.9 Å². The molecule has 324 valence electrons. The van der Waals surface area contributed by atoms with E-state index in [-0.39, 0.29) is 0 Å². The van der Waals surface area contributed by atoms with Crippen molar-refractivity contribution in [1.29, 1.82) is 21.0 Å². The van der Waals surface area contributed by atoms with Crippen LogP contribution in [0.4, 0.5) is 17.1 Å². The summed E-state index contributed by atoms with van der Waals surface area (Å²) in [6.45, 7) is 0. The number of rotatable bonds is 9. The molecule has 0 unspecified atom stereocenters. The van der Waals surface area contributed by atoms with Crippen LogP contribution in [0.5, 0.6) is 0 Å². The van der Waals surface area contributed by atoms with Gasteiger partial charge in [-0.1, -0.05) is 115 Å². The summed E-state index contributed by atoms with van der Waals surface area (Å²) in [6.07, 6.45) is 0. The molecule has 8 heteroatoms. The second kappa shape index (κ2) is 18.1. The van der Waals surface area contributed by atoms with Crippen LogP contribution in [-0.2, 0) is 0 Å². The van der Waals surface area contributed by atoms with Gasteiger partial charge in [0.05, 0.1) is 69.0 Å². The Morgan fingerprint density at radius 1 is 0.357 bits per heavy atom. The number of benzene rings is 9. The molecule has 0 atom stereocenters. The molecule has 0 aliphatic carbocycles. The van der Waals surface area contributed by atoms with E-state index >= 15 is 0 Å². The normalized spacial score (nSPS) is 10.8. The second-order valence-corrected chi connectivity index (χ2v) is 16.7. The average molecular weight is 893 g/mol. The monoisotopic (exact) mass is 892 g/mol. The zero-order chi connectivity index (χ0) is 47.6. The summed E-state index contributed by atoms with van der Waals surface area (Å²) >= 11 is 0. The van der Waals surface area contributed by atoms with Gasteiger partial charge in [-0.3, -0.25) is 0 Å². The first-order valence-electron chi connectivity index (χ1n) is 22.5.